The van der Waals surface area contributed by atoms with Gasteiger partial charge in [-0.2, -0.15) is 0 Å². The van der Waals surface area contributed by atoms with Gasteiger partial charge in [-0.1, -0.05) is 6.07 Å². The summed E-state index contributed by atoms with van der Waals surface area (Å²) < 4.78 is 5.27. The lowest BCUT2D eigenvalue weighted by molar-refractivity contribution is 0.147. The van der Waals surface area contributed by atoms with Gasteiger partial charge in [0.1, 0.15) is 0 Å². The van der Waals surface area contributed by atoms with Gasteiger partial charge in [-0.05, 0) is 50.5 Å². The predicted octanol–water partition coefficient (Wildman–Crippen LogP) is 3.14. The Morgan fingerprint density at radius 2 is 2.00 bits per heavy atom. The average Bonchev–Trinajstić information content (AvgIpc) is 2.23. The summed E-state index contributed by atoms with van der Waals surface area (Å²) >= 11 is 0. The van der Waals surface area contributed by atoms with Gasteiger partial charge in [0.05, 0.1) is 0 Å². The molecule has 1 aromatic carbocycles. The molecule has 0 heterocycles. The molecule has 0 aliphatic heterocycles. The molecule has 1 rings (SSSR count). The summed E-state index contributed by atoms with van der Waals surface area (Å²) in [5.41, 5.74) is 3.88. The second kappa shape index (κ2) is 6.46. The normalized spacial score (nSPS) is 10.3. The van der Waals surface area contributed by atoms with Crippen molar-refractivity contribution in [2.24, 2.45) is 0 Å². The summed E-state index contributed by atoms with van der Waals surface area (Å²) in [6.07, 6.45) is 1.06. The molecule has 2 heteroatoms. The van der Waals surface area contributed by atoms with Crippen LogP contribution in [0.2, 0.25) is 0 Å². The maximum Gasteiger partial charge on any atom is 0.0482 e. The third kappa shape index (κ3) is 4.34. The van der Waals surface area contributed by atoms with Crippen LogP contribution in [0.4, 0.5) is 5.69 Å². The van der Waals surface area contributed by atoms with Crippen LogP contribution >= 0.6 is 0 Å². The molecular formula is C13H21NO. The molecule has 0 fully saturated rings. The fraction of sp³-hybridized carbons (Fsp3) is 0.538. The van der Waals surface area contributed by atoms with Crippen LogP contribution in [0.3, 0.4) is 0 Å². The average molecular weight is 207 g/mol. The molecule has 84 valence electrons. The van der Waals surface area contributed by atoms with Crippen molar-refractivity contribution < 1.29 is 4.74 Å². The molecule has 0 saturated carbocycles. The molecule has 0 saturated heterocycles. The van der Waals surface area contributed by atoms with Gasteiger partial charge in [-0.3, -0.25) is 0 Å². The van der Waals surface area contributed by atoms with Crippen LogP contribution in [-0.4, -0.2) is 19.8 Å². The van der Waals surface area contributed by atoms with E-state index in [2.05, 4.69) is 37.4 Å². The van der Waals surface area contributed by atoms with Crippen LogP contribution in [0.15, 0.2) is 18.2 Å². The molecule has 0 aliphatic carbocycles. The van der Waals surface area contributed by atoms with E-state index in [1.165, 1.54) is 16.8 Å². The Morgan fingerprint density at radius 3 is 2.67 bits per heavy atom. The number of ether oxygens (including phenoxy) is 1. The fourth-order valence-corrected chi connectivity index (χ4v) is 1.40. The van der Waals surface area contributed by atoms with Crippen molar-refractivity contribution in [2.75, 3.05) is 25.1 Å². The molecular weight excluding hydrogens is 186 g/mol. The lowest BCUT2D eigenvalue weighted by Gasteiger charge is -2.08. The summed E-state index contributed by atoms with van der Waals surface area (Å²) in [4.78, 5) is 0. The van der Waals surface area contributed by atoms with Gasteiger partial charge < -0.3 is 10.1 Å². The smallest absolute Gasteiger partial charge is 0.0482 e. The van der Waals surface area contributed by atoms with Crippen molar-refractivity contribution in [3.05, 3.63) is 29.3 Å². The monoisotopic (exact) mass is 207 g/mol. The Kier molecular flexibility index (Phi) is 5.19. The maximum absolute atomic E-state index is 5.27. The largest absolute Gasteiger partial charge is 0.385 e. The first-order chi connectivity index (χ1) is 7.24. The van der Waals surface area contributed by atoms with Crippen LogP contribution in [0, 0.1) is 13.8 Å². The molecule has 0 atom stereocenters. The zero-order valence-corrected chi connectivity index (χ0v) is 9.97. The molecule has 0 bridgehead atoms. The predicted molar refractivity (Wildman–Crippen MR) is 65.5 cm³/mol. The van der Waals surface area contributed by atoms with E-state index in [0.717, 1.165) is 26.2 Å². The van der Waals surface area contributed by atoms with Gasteiger partial charge in [-0.15, -0.1) is 0 Å². The fourth-order valence-electron chi connectivity index (χ4n) is 1.40. The minimum atomic E-state index is 0.809. The van der Waals surface area contributed by atoms with Crippen molar-refractivity contribution in [3.63, 3.8) is 0 Å². The van der Waals surface area contributed by atoms with E-state index in [1.807, 2.05) is 6.92 Å². The molecule has 0 amide bonds. The van der Waals surface area contributed by atoms with Gasteiger partial charge in [0.2, 0.25) is 0 Å². The van der Waals surface area contributed by atoms with Gasteiger partial charge in [0, 0.05) is 25.4 Å². The SMILES string of the molecule is CCOCCCNc1ccc(C)c(C)c1. The first-order valence-electron chi connectivity index (χ1n) is 5.63. The standard InChI is InChI=1S/C13H21NO/c1-4-15-9-5-8-14-13-7-6-11(2)12(3)10-13/h6-7,10,14H,4-5,8-9H2,1-3H3. The molecule has 0 unspecified atom stereocenters. The highest BCUT2D eigenvalue weighted by molar-refractivity contribution is 5.47. The van der Waals surface area contributed by atoms with Crippen molar-refractivity contribution in [2.45, 2.75) is 27.2 Å². The molecule has 2 nitrogen and oxygen atoms in total. The Balaban J connectivity index is 2.28. The second-order valence-electron chi connectivity index (χ2n) is 3.78. The quantitative estimate of drug-likeness (QED) is 0.724. The van der Waals surface area contributed by atoms with Crippen LogP contribution in [0.25, 0.3) is 0 Å². The van der Waals surface area contributed by atoms with Crippen molar-refractivity contribution >= 4 is 5.69 Å². The van der Waals surface area contributed by atoms with Crippen LogP contribution < -0.4 is 5.32 Å². The van der Waals surface area contributed by atoms with Crippen LogP contribution in [0.1, 0.15) is 24.5 Å². The van der Waals surface area contributed by atoms with E-state index in [-0.39, 0.29) is 0 Å². The van der Waals surface area contributed by atoms with Crippen LogP contribution in [-0.2, 0) is 4.74 Å². The molecule has 1 aromatic rings. The van der Waals surface area contributed by atoms with E-state index in [1.54, 1.807) is 0 Å². The van der Waals surface area contributed by atoms with E-state index >= 15 is 0 Å². The maximum atomic E-state index is 5.27. The Morgan fingerprint density at radius 1 is 1.20 bits per heavy atom. The summed E-state index contributed by atoms with van der Waals surface area (Å²) in [7, 11) is 0. The summed E-state index contributed by atoms with van der Waals surface area (Å²) in [6.45, 7) is 8.92. The van der Waals surface area contributed by atoms with Gasteiger partial charge in [-0.25, -0.2) is 0 Å². The lowest BCUT2D eigenvalue weighted by atomic mass is 10.1. The molecule has 1 N–H and O–H groups in total. The number of hydrogen-bond acceptors (Lipinski definition) is 2. The van der Waals surface area contributed by atoms with Crippen LogP contribution in [0.5, 0.6) is 0 Å². The summed E-state index contributed by atoms with van der Waals surface area (Å²) in [6, 6.07) is 6.47. The van der Waals surface area contributed by atoms with Gasteiger partial charge >= 0.3 is 0 Å². The van der Waals surface area contributed by atoms with Crippen molar-refractivity contribution in [1.29, 1.82) is 0 Å². The summed E-state index contributed by atoms with van der Waals surface area (Å²) in [5, 5.41) is 3.39. The number of nitrogens with one attached hydrogen (secondary N) is 1. The number of rotatable bonds is 6. The molecule has 0 spiro atoms. The van der Waals surface area contributed by atoms with Crippen molar-refractivity contribution in [1.82, 2.24) is 0 Å². The van der Waals surface area contributed by atoms with E-state index < -0.39 is 0 Å². The highest BCUT2D eigenvalue weighted by Gasteiger charge is 1.95. The van der Waals surface area contributed by atoms with E-state index in [9.17, 15) is 0 Å². The second-order valence-corrected chi connectivity index (χ2v) is 3.78. The Hall–Kier alpha value is -1.02. The number of anilines is 1. The number of benzene rings is 1. The van der Waals surface area contributed by atoms with E-state index in [0.29, 0.717) is 0 Å². The van der Waals surface area contributed by atoms with Gasteiger partial charge in [0.25, 0.3) is 0 Å². The first kappa shape index (κ1) is 12.1. The zero-order valence-electron chi connectivity index (χ0n) is 9.97. The summed E-state index contributed by atoms with van der Waals surface area (Å²) in [5.74, 6) is 0. The molecule has 15 heavy (non-hydrogen) atoms. The zero-order chi connectivity index (χ0) is 11.1. The lowest BCUT2D eigenvalue weighted by Crippen LogP contribution is -2.05. The highest BCUT2D eigenvalue weighted by Crippen LogP contribution is 2.13. The Labute approximate surface area is 92.6 Å². The molecule has 0 aliphatic rings. The third-order valence-electron chi connectivity index (χ3n) is 2.51. The minimum absolute atomic E-state index is 0.809. The topological polar surface area (TPSA) is 21.3 Å². The molecule has 0 radical (unpaired) electrons. The number of aryl methyl sites for hydroxylation is 2. The Bertz CT molecular complexity index is 297. The first-order valence-corrected chi connectivity index (χ1v) is 5.63. The van der Waals surface area contributed by atoms with Crippen molar-refractivity contribution in [3.8, 4) is 0 Å². The highest BCUT2D eigenvalue weighted by atomic mass is 16.5. The minimum Gasteiger partial charge on any atom is -0.385 e. The number of hydrogen-bond donors (Lipinski definition) is 1. The molecule has 0 aromatic heterocycles. The van der Waals surface area contributed by atoms with E-state index in [4.69, 9.17) is 4.74 Å². The third-order valence-corrected chi connectivity index (χ3v) is 2.51. The van der Waals surface area contributed by atoms with Gasteiger partial charge in [0.15, 0.2) is 0 Å².